The third kappa shape index (κ3) is 2.47. The minimum absolute atomic E-state index is 0.0674. The lowest BCUT2D eigenvalue weighted by atomic mass is 9.96. The Morgan fingerprint density at radius 1 is 1.50 bits per heavy atom. The van der Waals surface area contributed by atoms with Gasteiger partial charge in [-0.2, -0.15) is 0 Å². The number of carbonyl (C=O) groups excluding carboxylic acids is 1. The molecule has 0 spiro atoms. The molecule has 1 saturated heterocycles. The van der Waals surface area contributed by atoms with Gasteiger partial charge >= 0.3 is 0 Å². The standard InChI is InChI=1S/C11H18N2O3/c1-8-4-9(12)6-13(5-8)11(14)10-7-15-2-3-16-10/h7-9H,2-6,12H2,1H3. The van der Waals surface area contributed by atoms with E-state index in [2.05, 4.69) is 6.92 Å². The van der Waals surface area contributed by atoms with Gasteiger partial charge in [0.25, 0.3) is 5.91 Å². The van der Waals surface area contributed by atoms with Gasteiger partial charge in [0.15, 0.2) is 0 Å². The maximum atomic E-state index is 12.0. The second-order valence-electron chi connectivity index (χ2n) is 4.51. The SMILES string of the molecule is CC1CC(N)CN(C(=O)C2=COCCO2)C1. The van der Waals surface area contributed by atoms with E-state index >= 15 is 0 Å². The van der Waals surface area contributed by atoms with Crippen molar-refractivity contribution in [3.63, 3.8) is 0 Å². The quantitative estimate of drug-likeness (QED) is 0.687. The van der Waals surface area contributed by atoms with E-state index in [1.807, 2.05) is 0 Å². The van der Waals surface area contributed by atoms with Crippen molar-refractivity contribution in [3.8, 4) is 0 Å². The van der Waals surface area contributed by atoms with Crippen LogP contribution in [0.25, 0.3) is 0 Å². The molecule has 1 fully saturated rings. The largest absolute Gasteiger partial charge is 0.494 e. The summed E-state index contributed by atoms with van der Waals surface area (Å²) in [6, 6.07) is 0.0674. The molecule has 90 valence electrons. The van der Waals surface area contributed by atoms with E-state index in [1.54, 1.807) is 4.90 Å². The number of likely N-dealkylation sites (tertiary alicyclic amines) is 1. The Morgan fingerprint density at radius 2 is 2.31 bits per heavy atom. The van der Waals surface area contributed by atoms with Crippen LogP contribution in [-0.4, -0.2) is 43.2 Å². The van der Waals surface area contributed by atoms with Gasteiger partial charge in [0, 0.05) is 19.1 Å². The highest BCUT2D eigenvalue weighted by Crippen LogP contribution is 2.18. The van der Waals surface area contributed by atoms with Crippen LogP contribution in [0.4, 0.5) is 0 Å². The maximum Gasteiger partial charge on any atom is 0.292 e. The molecule has 2 unspecified atom stereocenters. The Hall–Kier alpha value is -1.23. The molecule has 0 saturated carbocycles. The molecule has 5 heteroatoms. The monoisotopic (exact) mass is 226 g/mol. The van der Waals surface area contributed by atoms with Crippen LogP contribution >= 0.6 is 0 Å². The van der Waals surface area contributed by atoms with Crippen LogP contribution in [0.1, 0.15) is 13.3 Å². The summed E-state index contributed by atoms with van der Waals surface area (Å²) in [5, 5.41) is 0. The van der Waals surface area contributed by atoms with Crippen LogP contribution in [0.3, 0.4) is 0 Å². The van der Waals surface area contributed by atoms with Crippen molar-refractivity contribution in [2.24, 2.45) is 11.7 Å². The number of nitrogens with zero attached hydrogens (tertiary/aromatic N) is 1. The Balaban J connectivity index is 2.00. The molecule has 16 heavy (non-hydrogen) atoms. The van der Waals surface area contributed by atoms with Crippen LogP contribution in [0, 0.1) is 5.92 Å². The average Bonchev–Trinajstić information content (AvgIpc) is 2.28. The molecule has 0 aromatic rings. The van der Waals surface area contributed by atoms with E-state index in [0.29, 0.717) is 31.4 Å². The zero-order chi connectivity index (χ0) is 11.5. The van der Waals surface area contributed by atoms with Crippen molar-refractivity contribution < 1.29 is 14.3 Å². The average molecular weight is 226 g/mol. The Labute approximate surface area is 95.2 Å². The number of nitrogens with two attached hydrogens (primary N) is 1. The van der Waals surface area contributed by atoms with Gasteiger partial charge in [0.05, 0.1) is 0 Å². The minimum atomic E-state index is -0.110. The molecular formula is C11H18N2O3. The number of amides is 1. The lowest BCUT2D eigenvalue weighted by Crippen LogP contribution is -2.49. The number of ether oxygens (including phenoxy) is 2. The van der Waals surface area contributed by atoms with E-state index < -0.39 is 0 Å². The first-order valence-corrected chi connectivity index (χ1v) is 5.66. The lowest BCUT2D eigenvalue weighted by molar-refractivity contribution is -0.134. The van der Waals surface area contributed by atoms with Crippen LogP contribution in [0.15, 0.2) is 12.0 Å². The second-order valence-corrected chi connectivity index (χ2v) is 4.51. The van der Waals surface area contributed by atoms with Crippen molar-refractivity contribution in [2.75, 3.05) is 26.3 Å². The van der Waals surface area contributed by atoms with Gasteiger partial charge in [-0.25, -0.2) is 0 Å². The fraction of sp³-hybridized carbons (Fsp3) is 0.727. The van der Waals surface area contributed by atoms with Crippen molar-refractivity contribution in [1.82, 2.24) is 4.90 Å². The molecule has 2 aliphatic heterocycles. The molecule has 2 N–H and O–H groups in total. The van der Waals surface area contributed by atoms with Crippen LogP contribution in [-0.2, 0) is 14.3 Å². The van der Waals surface area contributed by atoms with E-state index in [-0.39, 0.29) is 11.9 Å². The third-order valence-electron chi connectivity index (χ3n) is 2.84. The number of rotatable bonds is 1. The van der Waals surface area contributed by atoms with Gasteiger partial charge in [-0.3, -0.25) is 4.79 Å². The summed E-state index contributed by atoms with van der Waals surface area (Å²) >= 11 is 0. The Morgan fingerprint density at radius 3 is 2.94 bits per heavy atom. The molecule has 1 amide bonds. The van der Waals surface area contributed by atoms with Gasteiger partial charge in [-0.15, -0.1) is 0 Å². The molecular weight excluding hydrogens is 208 g/mol. The molecule has 0 radical (unpaired) electrons. The highest BCUT2D eigenvalue weighted by molar-refractivity contribution is 5.91. The molecule has 2 aliphatic rings. The number of piperidine rings is 1. The maximum absolute atomic E-state index is 12.0. The van der Waals surface area contributed by atoms with Gasteiger partial charge in [0.2, 0.25) is 5.76 Å². The summed E-state index contributed by atoms with van der Waals surface area (Å²) in [4.78, 5) is 13.8. The van der Waals surface area contributed by atoms with E-state index in [9.17, 15) is 4.79 Å². The topological polar surface area (TPSA) is 64.8 Å². The van der Waals surface area contributed by atoms with Crippen LogP contribution in [0.5, 0.6) is 0 Å². The third-order valence-corrected chi connectivity index (χ3v) is 2.84. The molecule has 0 aliphatic carbocycles. The van der Waals surface area contributed by atoms with Gasteiger partial charge in [-0.1, -0.05) is 6.92 Å². The van der Waals surface area contributed by atoms with Gasteiger partial charge in [-0.05, 0) is 12.3 Å². The summed E-state index contributed by atoms with van der Waals surface area (Å²) in [5.41, 5.74) is 5.90. The molecule has 2 heterocycles. The fourth-order valence-corrected chi connectivity index (χ4v) is 2.20. The molecule has 0 bridgehead atoms. The molecule has 2 atom stereocenters. The molecule has 0 aromatic carbocycles. The highest BCUT2D eigenvalue weighted by atomic mass is 16.6. The molecule has 0 aromatic heterocycles. The normalized spacial score (nSPS) is 30.1. The first kappa shape index (κ1) is 11.3. The first-order chi connectivity index (χ1) is 7.66. The number of hydrogen-bond donors (Lipinski definition) is 1. The summed E-state index contributed by atoms with van der Waals surface area (Å²) in [6.45, 7) is 4.39. The summed E-state index contributed by atoms with van der Waals surface area (Å²) in [5.74, 6) is 0.632. The zero-order valence-corrected chi connectivity index (χ0v) is 9.52. The van der Waals surface area contributed by atoms with Crippen molar-refractivity contribution in [2.45, 2.75) is 19.4 Å². The summed E-state index contributed by atoms with van der Waals surface area (Å²) in [7, 11) is 0. The fourth-order valence-electron chi connectivity index (χ4n) is 2.20. The Bertz CT molecular complexity index is 294. The van der Waals surface area contributed by atoms with Gasteiger partial charge in [0.1, 0.15) is 19.5 Å². The smallest absolute Gasteiger partial charge is 0.292 e. The highest BCUT2D eigenvalue weighted by Gasteiger charge is 2.29. The van der Waals surface area contributed by atoms with Crippen molar-refractivity contribution in [3.05, 3.63) is 12.0 Å². The van der Waals surface area contributed by atoms with E-state index in [4.69, 9.17) is 15.2 Å². The number of hydrogen-bond acceptors (Lipinski definition) is 4. The van der Waals surface area contributed by atoms with Crippen molar-refractivity contribution >= 4 is 5.91 Å². The van der Waals surface area contributed by atoms with Crippen molar-refractivity contribution in [1.29, 1.82) is 0 Å². The van der Waals surface area contributed by atoms with E-state index in [1.165, 1.54) is 6.26 Å². The predicted molar refractivity (Wildman–Crippen MR) is 58.3 cm³/mol. The zero-order valence-electron chi connectivity index (χ0n) is 9.52. The molecule has 2 rings (SSSR count). The number of carbonyl (C=O) groups is 1. The lowest BCUT2D eigenvalue weighted by Gasteiger charge is -2.35. The van der Waals surface area contributed by atoms with Crippen LogP contribution in [0.2, 0.25) is 0 Å². The van der Waals surface area contributed by atoms with E-state index in [0.717, 1.165) is 13.0 Å². The minimum Gasteiger partial charge on any atom is -0.494 e. The van der Waals surface area contributed by atoms with Crippen LogP contribution < -0.4 is 5.73 Å². The second kappa shape index (κ2) is 4.74. The molecule has 5 nitrogen and oxygen atoms in total. The van der Waals surface area contributed by atoms with Gasteiger partial charge < -0.3 is 20.1 Å². The first-order valence-electron chi connectivity index (χ1n) is 5.66. The Kier molecular flexibility index (Phi) is 3.33. The predicted octanol–water partition coefficient (Wildman–Crippen LogP) is 0.0703. The summed E-state index contributed by atoms with van der Waals surface area (Å²) in [6.07, 6.45) is 2.37. The summed E-state index contributed by atoms with van der Waals surface area (Å²) < 4.78 is 10.3.